The van der Waals surface area contributed by atoms with Crippen LogP contribution in [0.1, 0.15) is 39.4 Å². The highest BCUT2D eigenvalue weighted by Gasteiger charge is 2.30. The highest BCUT2D eigenvalue weighted by molar-refractivity contribution is 7.90. The predicted molar refractivity (Wildman–Crippen MR) is 90.5 cm³/mol. The smallest absolute Gasteiger partial charge is 0.237 e. The van der Waals surface area contributed by atoms with Gasteiger partial charge in [0.25, 0.3) is 0 Å². The summed E-state index contributed by atoms with van der Waals surface area (Å²) in [7, 11) is 1.54. The lowest BCUT2D eigenvalue weighted by Gasteiger charge is -2.26. The van der Waals surface area contributed by atoms with Crippen LogP contribution in [0.5, 0.6) is 5.88 Å². The molecule has 0 aliphatic carbocycles. The fraction of sp³-hybridized carbons (Fsp3) is 0.467. The van der Waals surface area contributed by atoms with Crippen LogP contribution < -0.4 is 9.46 Å². The van der Waals surface area contributed by atoms with Gasteiger partial charge in [0.1, 0.15) is 10.4 Å². The first kappa shape index (κ1) is 17.3. The molecule has 5 nitrogen and oxygen atoms in total. The van der Waals surface area contributed by atoms with Gasteiger partial charge in [0, 0.05) is 16.4 Å². The zero-order valence-electron chi connectivity index (χ0n) is 13.3. The number of fused-ring (bicyclic) bond motifs is 1. The molecular weight excluding hydrogens is 322 g/mol. The third-order valence-corrected chi connectivity index (χ3v) is 4.98. The van der Waals surface area contributed by atoms with Crippen LogP contribution in [-0.4, -0.2) is 26.4 Å². The van der Waals surface area contributed by atoms with Crippen LogP contribution in [0, 0.1) is 0 Å². The molecule has 1 heterocycles. The van der Waals surface area contributed by atoms with Crippen molar-refractivity contribution in [3.63, 3.8) is 0 Å². The minimum Gasteiger partial charge on any atom is -0.598 e. The Morgan fingerprint density at radius 2 is 1.95 bits per heavy atom. The number of hydrogen-bond donors (Lipinski definition) is 1. The molecule has 0 saturated carbocycles. The van der Waals surface area contributed by atoms with Crippen LogP contribution in [0.25, 0.3) is 11.0 Å². The van der Waals surface area contributed by atoms with E-state index < -0.39 is 11.4 Å². The van der Waals surface area contributed by atoms with Crippen molar-refractivity contribution in [3.8, 4) is 5.88 Å². The second kappa shape index (κ2) is 6.58. The first-order valence-corrected chi connectivity index (χ1v) is 8.44. The molecule has 0 spiro atoms. The zero-order valence-corrected chi connectivity index (χ0v) is 14.9. The average molecular weight is 342 g/mol. The quantitative estimate of drug-likeness (QED) is 0.863. The molecule has 0 bridgehead atoms. The van der Waals surface area contributed by atoms with Gasteiger partial charge in [-0.15, -0.1) is 4.72 Å². The van der Waals surface area contributed by atoms with E-state index in [2.05, 4.69) is 14.7 Å². The topological polar surface area (TPSA) is 70.1 Å². The Kier molecular flexibility index (Phi) is 5.17. The Morgan fingerprint density at radius 3 is 2.55 bits per heavy atom. The summed E-state index contributed by atoms with van der Waals surface area (Å²) in [5.41, 5.74) is 1.99. The summed E-state index contributed by atoms with van der Waals surface area (Å²) in [5.74, 6) is 0.417. The number of rotatable bonds is 4. The largest absolute Gasteiger partial charge is 0.598 e. The van der Waals surface area contributed by atoms with E-state index in [0.29, 0.717) is 27.6 Å². The first-order chi connectivity index (χ1) is 10.2. The van der Waals surface area contributed by atoms with Crippen molar-refractivity contribution in [2.75, 3.05) is 7.11 Å². The molecule has 1 aromatic carbocycles. The Hall–Kier alpha value is -1.08. The minimum absolute atomic E-state index is 0.272. The third-order valence-electron chi connectivity index (χ3n) is 3.06. The van der Waals surface area contributed by atoms with Crippen molar-refractivity contribution in [1.29, 1.82) is 0 Å². The van der Waals surface area contributed by atoms with Crippen LogP contribution in [0.2, 0.25) is 5.02 Å². The van der Waals surface area contributed by atoms with Gasteiger partial charge in [0.15, 0.2) is 0 Å². The molecule has 0 aliphatic heterocycles. The lowest BCUT2D eigenvalue weighted by molar-refractivity contribution is 0.386. The third kappa shape index (κ3) is 3.81. The highest BCUT2D eigenvalue weighted by atomic mass is 35.5. The van der Waals surface area contributed by atoms with Crippen molar-refractivity contribution >= 4 is 34.0 Å². The number of benzene rings is 1. The molecule has 120 valence electrons. The van der Waals surface area contributed by atoms with Gasteiger partial charge in [-0.3, -0.25) is 0 Å². The summed E-state index contributed by atoms with van der Waals surface area (Å²) in [6, 6.07) is 5.03. The average Bonchev–Trinajstić information content (AvgIpc) is 2.44. The lowest BCUT2D eigenvalue weighted by Crippen LogP contribution is -2.40. The Balaban J connectivity index is 2.40. The standard InChI is InChI=1S/C15H20ClN3O2S/c1-9(19-22(20)15(2,3)4)13-14(21-5)18-11-7-6-10(16)8-12(11)17-13/h6-9,19H,1-5H3. The van der Waals surface area contributed by atoms with Gasteiger partial charge >= 0.3 is 0 Å². The molecular formula is C15H20ClN3O2S. The molecule has 0 aliphatic rings. The molecule has 2 rings (SSSR count). The van der Waals surface area contributed by atoms with E-state index >= 15 is 0 Å². The molecule has 1 N–H and O–H groups in total. The molecule has 0 amide bonds. The Morgan fingerprint density at radius 1 is 1.27 bits per heavy atom. The number of aromatic nitrogens is 2. The van der Waals surface area contributed by atoms with Crippen LogP contribution in [0.15, 0.2) is 18.2 Å². The van der Waals surface area contributed by atoms with Gasteiger partial charge in [-0.1, -0.05) is 11.6 Å². The lowest BCUT2D eigenvalue weighted by atomic mass is 10.2. The van der Waals surface area contributed by atoms with E-state index in [0.717, 1.165) is 0 Å². The number of ether oxygens (including phenoxy) is 1. The van der Waals surface area contributed by atoms with Crippen molar-refractivity contribution < 1.29 is 9.29 Å². The van der Waals surface area contributed by atoms with Gasteiger partial charge < -0.3 is 9.29 Å². The van der Waals surface area contributed by atoms with Gasteiger partial charge in [-0.05, 0) is 45.9 Å². The van der Waals surface area contributed by atoms with E-state index in [4.69, 9.17) is 16.3 Å². The number of halogens is 1. The number of methoxy groups -OCH3 is 1. The monoisotopic (exact) mass is 341 g/mol. The maximum Gasteiger partial charge on any atom is 0.237 e. The Bertz CT molecular complexity index is 676. The summed E-state index contributed by atoms with van der Waals surface area (Å²) < 4.78 is 20.3. The zero-order chi connectivity index (χ0) is 16.5. The fourth-order valence-electron chi connectivity index (χ4n) is 1.85. The van der Waals surface area contributed by atoms with Gasteiger partial charge in [-0.25, -0.2) is 9.97 Å². The van der Waals surface area contributed by atoms with Gasteiger partial charge in [-0.2, -0.15) is 0 Å². The molecule has 2 unspecified atom stereocenters. The summed E-state index contributed by atoms with van der Waals surface area (Å²) in [4.78, 5) is 9.02. The van der Waals surface area contributed by atoms with Crippen LogP contribution >= 0.6 is 11.6 Å². The van der Waals surface area contributed by atoms with Crippen molar-refractivity contribution in [3.05, 3.63) is 28.9 Å². The molecule has 7 heteroatoms. The number of nitrogens with zero attached hydrogens (tertiary/aromatic N) is 2. The summed E-state index contributed by atoms with van der Waals surface area (Å²) >= 11 is 4.79. The predicted octanol–water partition coefficient (Wildman–Crippen LogP) is 3.40. The summed E-state index contributed by atoms with van der Waals surface area (Å²) in [6.07, 6.45) is 0. The van der Waals surface area contributed by atoms with Crippen LogP contribution in [0.4, 0.5) is 0 Å². The normalized spacial score (nSPS) is 14.9. The Labute approximate surface area is 138 Å². The van der Waals surface area contributed by atoms with Crippen LogP contribution in [-0.2, 0) is 11.4 Å². The van der Waals surface area contributed by atoms with Crippen molar-refractivity contribution in [2.45, 2.75) is 38.5 Å². The molecule has 0 radical (unpaired) electrons. The summed E-state index contributed by atoms with van der Waals surface area (Å²) in [5, 5.41) is 0.594. The van der Waals surface area contributed by atoms with Gasteiger partial charge in [0.2, 0.25) is 5.88 Å². The maximum absolute atomic E-state index is 12.3. The van der Waals surface area contributed by atoms with E-state index in [9.17, 15) is 4.55 Å². The van der Waals surface area contributed by atoms with E-state index in [-0.39, 0.29) is 10.8 Å². The maximum atomic E-state index is 12.3. The highest BCUT2D eigenvalue weighted by Crippen LogP contribution is 2.27. The van der Waals surface area contributed by atoms with E-state index in [1.807, 2.05) is 27.7 Å². The van der Waals surface area contributed by atoms with Gasteiger partial charge in [0.05, 0.1) is 24.2 Å². The van der Waals surface area contributed by atoms with E-state index in [1.54, 1.807) is 25.3 Å². The SMILES string of the molecule is COc1nc2ccc(Cl)cc2nc1C(C)N[S+]([O-])C(C)(C)C. The number of hydrogen-bond acceptors (Lipinski definition) is 5. The molecule has 1 aromatic heterocycles. The van der Waals surface area contributed by atoms with E-state index in [1.165, 1.54) is 0 Å². The molecule has 2 aromatic rings. The second-order valence-corrected chi connectivity index (χ2v) is 8.41. The van der Waals surface area contributed by atoms with Crippen LogP contribution in [0.3, 0.4) is 0 Å². The fourth-order valence-corrected chi connectivity index (χ4v) is 2.80. The minimum atomic E-state index is -1.22. The van der Waals surface area contributed by atoms with Crippen molar-refractivity contribution in [2.24, 2.45) is 0 Å². The molecule has 2 atom stereocenters. The number of nitrogens with one attached hydrogen (secondary N) is 1. The first-order valence-electron chi connectivity index (χ1n) is 6.91. The second-order valence-electron chi connectivity index (χ2n) is 5.97. The van der Waals surface area contributed by atoms with Crippen molar-refractivity contribution in [1.82, 2.24) is 14.7 Å². The summed E-state index contributed by atoms with van der Waals surface area (Å²) in [6.45, 7) is 7.61. The molecule has 22 heavy (non-hydrogen) atoms. The molecule has 0 saturated heterocycles. The molecule has 0 fully saturated rings.